The van der Waals surface area contributed by atoms with Crippen molar-refractivity contribution in [2.45, 2.75) is 18.6 Å². The Morgan fingerprint density at radius 1 is 1.36 bits per heavy atom. The maximum atomic E-state index is 12.8. The van der Waals surface area contributed by atoms with Gasteiger partial charge in [-0.3, -0.25) is 4.79 Å². The van der Waals surface area contributed by atoms with Crippen molar-refractivity contribution in [2.75, 3.05) is 22.3 Å². The third-order valence-electron chi connectivity index (χ3n) is 3.41. The molecule has 0 bridgehead atoms. The number of benzene rings is 1. The summed E-state index contributed by atoms with van der Waals surface area (Å²) in [4.78, 5) is 13.1. The molecule has 1 aromatic rings. The molecule has 1 heterocycles. The van der Waals surface area contributed by atoms with Crippen LogP contribution >= 0.6 is 11.6 Å². The van der Waals surface area contributed by atoms with Gasteiger partial charge in [-0.25, -0.2) is 8.42 Å². The van der Waals surface area contributed by atoms with Gasteiger partial charge < -0.3 is 4.90 Å². The van der Waals surface area contributed by atoms with Crippen molar-refractivity contribution >= 4 is 33.0 Å². The number of hydrogen-bond acceptors (Lipinski definition) is 3. The zero-order valence-corrected chi connectivity index (χ0v) is 12.9. The number of nitrogens with zero attached hydrogens (tertiary/aromatic N) is 1. The number of hydrogen-bond donors (Lipinski definition) is 0. The van der Waals surface area contributed by atoms with Crippen LogP contribution in [0.2, 0.25) is 0 Å². The number of carbonyl (C=O) groups is 1. The fraction of sp³-hybridized carbons (Fsp3) is 0.462. The second-order valence-corrected chi connectivity index (χ2v) is 7.50. The van der Waals surface area contributed by atoms with Crippen LogP contribution in [0.25, 0.3) is 0 Å². The van der Waals surface area contributed by atoms with Gasteiger partial charge in [-0.2, -0.15) is 13.2 Å². The normalized spacial score (nSPS) is 20.8. The van der Waals surface area contributed by atoms with Crippen LogP contribution in [-0.2, 0) is 20.8 Å². The molecular formula is C13H13ClF3NO3S. The lowest BCUT2D eigenvalue weighted by Gasteiger charge is -2.28. The number of sulfone groups is 1. The highest BCUT2D eigenvalue weighted by Crippen LogP contribution is 2.33. The van der Waals surface area contributed by atoms with Crippen LogP contribution < -0.4 is 4.90 Å². The van der Waals surface area contributed by atoms with Crippen molar-refractivity contribution in [1.29, 1.82) is 0 Å². The molecule has 2 rings (SSSR count). The van der Waals surface area contributed by atoms with Gasteiger partial charge in [-0.15, -0.1) is 11.6 Å². The molecule has 122 valence electrons. The van der Waals surface area contributed by atoms with Gasteiger partial charge in [0.25, 0.3) is 0 Å². The van der Waals surface area contributed by atoms with Crippen molar-refractivity contribution in [3.8, 4) is 0 Å². The van der Waals surface area contributed by atoms with E-state index in [1.54, 1.807) is 0 Å². The van der Waals surface area contributed by atoms with Crippen LogP contribution in [0.15, 0.2) is 24.3 Å². The molecule has 1 fully saturated rings. The monoisotopic (exact) mass is 355 g/mol. The predicted molar refractivity (Wildman–Crippen MR) is 76.7 cm³/mol. The van der Waals surface area contributed by atoms with Gasteiger partial charge in [0.1, 0.15) is 5.88 Å². The minimum atomic E-state index is -4.55. The topological polar surface area (TPSA) is 54.5 Å². The van der Waals surface area contributed by atoms with Crippen LogP contribution in [0, 0.1) is 0 Å². The van der Waals surface area contributed by atoms with E-state index in [2.05, 4.69) is 0 Å². The maximum Gasteiger partial charge on any atom is 0.416 e. The van der Waals surface area contributed by atoms with Crippen molar-refractivity contribution in [3.63, 3.8) is 0 Å². The highest BCUT2D eigenvalue weighted by molar-refractivity contribution is 7.91. The standard InChI is InChI=1S/C13H13ClF3NO3S/c14-7-12(19)18(11-4-5-22(20,21)8-11)10-3-1-2-9(6-10)13(15,16)17/h1-3,6,11H,4-5,7-8H2. The van der Waals surface area contributed by atoms with Crippen molar-refractivity contribution in [3.05, 3.63) is 29.8 Å². The molecule has 0 N–H and O–H groups in total. The summed E-state index contributed by atoms with van der Waals surface area (Å²) in [5.41, 5.74) is -0.902. The minimum absolute atomic E-state index is 0.00238. The molecule has 1 aliphatic rings. The van der Waals surface area contributed by atoms with E-state index in [-0.39, 0.29) is 23.6 Å². The number of carbonyl (C=O) groups excluding carboxylic acids is 1. The molecule has 1 unspecified atom stereocenters. The van der Waals surface area contributed by atoms with Crippen LogP contribution in [0.1, 0.15) is 12.0 Å². The molecule has 1 aliphatic heterocycles. The van der Waals surface area contributed by atoms with E-state index in [0.29, 0.717) is 0 Å². The Hall–Kier alpha value is -1.28. The van der Waals surface area contributed by atoms with Gasteiger partial charge in [0.05, 0.1) is 23.1 Å². The van der Waals surface area contributed by atoms with E-state index in [4.69, 9.17) is 11.6 Å². The largest absolute Gasteiger partial charge is 0.416 e. The molecule has 0 saturated carbocycles. The maximum absolute atomic E-state index is 12.8. The molecular weight excluding hydrogens is 343 g/mol. The number of alkyl halides is 4. The number of anilines is 1. The van der Waals surface area contributed by atoms with Crippen LogP contribution in [0.5, 0.6) is 0 Å². The molecule has 0 radical (unpaired) electrons. The molecule has 1 saturated heterocycles. The molecule has 1 amide bonds. The van der Waals surface area contributed by atoms with E-state index in [1.165, 1.54) is 12.1 Å². The summed E-state index contributed by atoms with van der Waals surface area (Å²) in [6.07, 6.45) is -4.37. The molecule has 0 aromatic heterocycles. The van der Waals surface area contributed by atoms with E-state index in [1.807, 2.05) is 0 Å². The van der Waals surface area contributed by atoms with Crippen LogP contribution in [0.3, 0.4) is 0 Å². The fourth-order valence-electron chi connectivity index (χ4n) is 2.43. The van der Waals surface area contributed by atoms with Crippen molar-refractivity contribution in [1.82, 2.24) is 0 Å². The van der Waals surface area contributed by atoms with E-state index in [9.17, 15) is 26.4 Å². The molecule has 9 heteroatoms. The molecule has 0 spiro atoms. The molecule has 4 nitrogen and oxygen atoms in total. The summed E-state index contributed by atoms with van der Waals surface area (Å²) in [6, 6.07) is 3.54. The van der Waals surface area contributed by atoms with Crippen LogP contribution in [-0.4, -0.2) is 37.8 Å². The van der Waals surface area contributed by atoms with Gasteiger partial charge in [0, 0.05) is 5.69 Å². The number of rotatable bonds is 3. The number of halogens is 4. The quantitative estimate of drug-likeness (QED) is 0.783. The zero-order valence-electron chi connectivity index (χ0n) is 11.3. The highest BCUT2D eigenvalue weighted by atomic mass is 35.5. The van der Waals surface area contributed by atoms with Gasteiger partial charge >= 0.3 is 6.18 Å². The first-order valence-electron chi connectivity index (χ1n) is 6.40. The third-order valence-corrected chi connectivity index (χ3v) is 5.39. The summed E-state index contributed by atoms with van der Waals surface area (Å²) in [5, 5.41) is 0. The van der Waals surface area contributed by atoms with Crippen molar-refractivity contribution in [2.24, 2.45) is 0 Å². The lowest BCUT2D eigenvalue weighted by molar-refractivity contribution is -0.137. The Balaban J connectivity index is 2.41. The van der Waals surface area contributed by atoms with Gasteiger partial charge in [-0.05, 0) is 24.6 Å². The Morgan fingerprint density at radius 3 is 2.55 bits per heavy atom. The van der Waals surface area contributed by atoms with E-state index in [0.717, 1.165) is 17.0 Å². The van der Waals surface area contributed by atoms with Crippen LogP contribution in [0.4, 0.5) is 18.9 Å². The predicted octanol–water partition coefficient (Wildman–Crippen LogP) is 2.46. The first-order chi connectivity index (χ1) is 10.1. The van der Waals surface area contributed by atoms with Crippen molar-refractivity contribution < 1.29 is 26.4 Å². The zero-order chi connectivity index (χ0) is 16.5. The SMILES string of the molecule is O=C(CCl)N(c1cccc(C(F)(F)F)c1)C1CCS(=O)(=O)C1. The minimum Gasteiger partial charge on any atom is -0.307 e. The molecule has 1 atom stereocenters. The Kier molecular flexibility index (Phi) is 4.72. The average molecular weight is 356 g/mol. The third kappa shape index (κ3) is 3.73. The Labute approximate surface area is 130 Å². The van der Waals surface area contributed by atoms with E-state index >= 15 is 0 Å². The van der Waals surface area contributed by atoms with Gasteiger partial charge in [0.15, 0.2) is 9.84 Å². The van der Waals surface area contributed by atoms with Gasteiger partial charge in [0.2, 0.25) is 5.91 Å². The summed E-state index contributed by atoms with van der Waals surface area (Å²) in [7, 11) is -3.29. The average Bonchev–Trinajstić information content (AvgIpc) is 2.78. The summed E-state index contributed by atoms with van der Waals surface area (Å²) >= 11 is 5.51. The fourth-order valence-corrected chi connectivity index (χ4v) is 4.26. The Morgan fingerprint density at radius 2 is 2.05 bits per heavy atom. The number of amides is 1. The summed E-state index contributed by atoms with van der Waals surface area (Å²) in [6.45, 7) is 0. The first-order valence-corrected chi connectivity index (χ1v) is 8.75. The highest BCUT2D eigenvalue weighted by Gasteiger charge is 2.36. The second kappa shape index (κ2) is 6.08. The lowest BCUT2D eigenvalue weighted by atomic mass is 10.1. The van der Waals surface area contributed by atoms with E-state index < -0.39 is 39.4 Å². The summed E-state index contributed by atoms with van der Waals surface area (Å²) in [5.74, 6) is -1.43. The molecule has 1 aromatic carbocycles. The lowest BCUT2D eigenvalue weighted by Crippen LogP contribution is -2.42. The molecule has 0 aliphatic carbocycles. The smallest absolute Gasteiger partial charge is 0.307 e. The second-order valence-electron chi connectivity index (χ2n) is 5.00. The Bertz CT molecular complexity index is 675. The molecule has 22 heavy (non-hydrogen) atoms. The first kappa shape index (κ1) is 17.1. The summed E-state index contributed by atoms with van der Waals surface area (Å²) < 4.78 is 61.5. The van der Waals surface area contributed by atoms with Gasteiger partial charge in [-0.1, -0.05) is 6.07 Å².